The molecule has 1 aromatic rings. The van der Waals surface area contributed by atoms with E-state index in [9.17, 15) is 4.79 Å². The second-order valence-corrected chi connectivity index (χ2v) is 4.45. The SMILES string of the molecule is CCCNc1ncccc1C(=O)N(C)C(C)CC#N. The van der Waals surface area contributed by atoms with E-state index in [0.29, 0.717) is 17.8 Å². The standard InChI is InChI=1S/C14H20N4O/c1-4-9-16-13-12(6-5-10-17-13)14(19)18(3)11(2)7-8-15/h5-6,10-11H,4,7,9H2,1-3H3,(H,16,17). The summed E-state index contributed by atoms with van der Waals surface area (Å²) in [5.41, 5.74) is 0.545. The van der Waals surface area contributed by atoms with Crippen LogP contribution in [-0.4, -0.2) is 35.4 Å². The van der Waals surface area contributed by atoms with Gasteiger partial charge >= 0.3 is 0 Å². The largest absolute Gasteiger partial charge is 0.369 e. The number of nitriles is 1. The number of nitrogens with one attached hydrogen (secondary N) is 1. The molecule has 5 heteroatoms. The molecule has 0 saturated heterocycles. The molecule has 0 bridgehead atoms. The lowest BCUT2D eigenvalue weighted by atomic mass is 10.1. The second kappa shape index (κ2) is 7.37. The van der Waals surface area contributed by atoms with Gasteiger partial charge in [-0.05, 0) is 25.5 Å². The molecule has 1 N–H and O–H groups in total. The zero-order valence-electron chi connectivity index (χ0n) is 11.7. The predicted octanol–water partition coefficient (Wildman–Crippen LogP) is 2.28. The van der Waals surface area contributed by atoms with Crippen molar-refractivity contribution in [1.29, 1.82) is 5.26 Å². The van der Waals surface area contributed by atoms with Crippen LogP contribution in [0.2, 0.25) is 0 Å². The third kappa shape index (κ3) is 3.95. The van der Waals surface area contributed by atoms with E-state index in [-0.39, 0.29) is 11.9 Å². The Labute approximate surface area is 114 Å². The third-order valence-corrected chi connectivity index (χ3v) is 2.95. The van der Waals surface area contributed by atoms with Crippen LogP contribution in [0.4, 0.5) is 5.82 Å². The molecular weight excluding hydrogens is 240 g/mol. The van der Waals surface area contributed by atoms with Crippen molar-refractivity contribution in [2.45, 2.75) is 32.7 Å². The van der Waals surface area contributed by atoms with Gasteiger partial charge in [-0.15, -0.1) is 0 Å². The summed E-state index contributed by atoms with van der Waals surface area (Å²) in [6, 6.07) is 5.46. The monoisotopic (exact) mass is 260 g/mol. The maximum absolute atomic E-state index is 12.4. The number of aromatic nitrogens is 1. The van der Waals surface area contributed by atoms with Crippen LogP contribution in [0, 0.1) is 11.3 Å². The second-order valence-electron chi connectivity index (χ2n) is 4.45. The highest BCUT2D eigenvalue weighted by Gasteiger charge is 2.20. The number of nitrogens with zero attached hydrogens (tertiary/aromatic N) is 3. The van der Waals surface area contributed by atoms with E-state index >= 15 is 0 Å². The normalized spacial score (nSPS) is 11.5. The summed E-state index contributed by atoms with van der Waals surface area (Å²) in [6.07, 6.45) is 2.94. The Balaban J connectivity index is 2.90. The summed E-state index contributed by atoms with van der Waals surface area (Å²) in [4.78, 5) is 18.2. The predicted molar refractivity (Wildman–Crippen MR) is 74.8 cm³/mol. The van der Waals surface area contributed by atoms with Gasteiger partial charge in [0.2, 0.25) is 0 Å². The number of anilines is 1. The highest BCUT2D eigenvalue weighted by molar-refractivity contribution is 5.98. The molecule has 1 heterocycles. The topological polar surface area (TPSA) is 69.0 Å². The van der Waals surface area contributed by atoms with E-state index in [1.165, 1.54) is 0 Å². The van der Waals surface area contributed by atoms with Gasteiger partial charge in [0.15, 0.2) is 0 Å². The van der Waals surface area contributed by atoms with Crippen LogP contribution in [0.3, 0.4) is 0 Å². The fraction of sp³-hybridized carbons (Fsp3) is 0.500. The lowest BCUT2D eigenvalue weighted by Crippen LogP contribution is -2.35. The van der Waals surface area contributed by atoms with Crippen LogP contribution < -0.4 is 5.32 Å². The average Bonchev–Trinajstić information content (AvgIpc) is 2.44. The molecule has 0 aliphatic heterocycles. The Hall–Kier alpha value is -2.09. The Kier molecular flexibility index (Phi) is 5.80. The van der Waals surface area contributed by atoms with Crippen LogP contribution in [0.5, 0.6) is 0 Å². The number of pyridine rings is 1. The van der Waals surface area contributed by atoms with Crippen LogP contribution in [0.25, 0.3) is 0 Å². The van der Waals surface area contributed by atoms with Gasteiger partial charge in [0.05, 0.1) is 18.1 Å². The summed E-state index contributed by atoms with van der Waals surface area (Å²) >= 11 is 0. The molecule has 1 unspecified atom stereocenters. The molecular formula is C14H20N4O. The van der Waals surface area contributed by atoms with Crippen molar-refractivity contribution in [3.05, 3.63) is 23.9 Å². The first-order valence-electron chi connectivity index (χ1n) is 6.44. The summed E-state index contributed by atoms with van der Waals surface area (Å²) in [6.45, 7) is 4.68. The van der Waals surface area contributed by atoms with Crippen molar-refractivity contribution in [3.8, 4) is 6.07 Å². The first kappa shape index (κ1) is 15.0. The molecule has 1 rings (SSSR count). The van der Waals surface area contributed by atoms with E-state index in [1.807, 2.05) is 6.92 Å². The molecule has 0 spiro atoms. The minimum atomic E-state index is -0.116. The van der Waals surface area contributed by atoms with Gasteiger partial charge in [-0.1, -0.05) is 6.92 Å². The van der Waals surface area contributed by atoms with Crippen molar-refractivity contribution >= 4 is 11.7 Å². The van der Waals surface area contributed by atoms with Crippen LogP contribution in [0.15, 0.2) is 18.3 Å². The maximum atomic E-state index is 12.4. The molecule has 1 aromatic heterocycles. The minimum absolute atomic E-state index is 0.114. The van der Waals surface area contributed by atoms with E-state index < -0.39 is 0 Å². The van der Waals surface area contributed by atoms with Crippen LogP contribution >= 0.6 is 0 Å². The molecule has 102 valence electrons. The Morgan fingerprint density at radius 1 is 1.63 bits per heavy atom. The molecule has 0 radical (unpaired) electrons. The van der Waals surface area contributed by atoms with E-state index in [1.54, 1.807) is 30.3 Å². The van der Waals surface area contributed by atoms with Crippen molar-refractivity contribution in [3.63, 3.8) is 0 Å². The highest BCUT2D eigenvalue weighted by atomic mass is 16.2. The van der Waals surface area contributed by atoms with E-state index in [0.717, 1.165) is 13.0 Å². The van der Waals surface area contributed by atoms with Gasteiger partial charge in [-0.3, -0.25) is 4.79 Å². The van der Waals surface area contributed by atoms with Gasteiger partial charge in [-0.25, -0.2) is 4.98 Å². The smallest absolute Gasteiger partial charge is 0.257 e. The number of carbonyl (C=O) groups is 1. The number of amides is 1. The molecule has 5 nitrogen and oxygen atoms in total. The first-order valence-corrected chi connectivity index (χ1v) is 6.44. The summed E-state index contributed by atoms with van der Waals surface area (Å²) in [5.74, 6) is 0.486. The van der Waals surface area contributed by atoms with E-state index in [4.69, 9.17) is 5.26 Å². The molecule has 19 heavy (non-hydrogen) atoms. The Bertz CT molecular complexity index is 467. The van der Waals surface area contributed by atoms with Gasteiger partial charge in [0, 0.05) is 25.8 Å². The lowest BCUT2D eigenvalue weighted by Gasteiger charge is -2.23. The molecule has 0 aliphatic carbocycles. The fourth-order valence-corrected chi connectivity index (χ4v) is 1.62. The zero-order chi connectivity index (χ0) is 14.3. The Morgan fingerprint density at radius 3 is 3.00 bits per heavy atom. The maximum Gasteiger partial charge on any atom is 0.257 e. The quantitative estimate of drug-likeness (QED) is 0.852. The number of hydrogen-bond donors (Lipinski definition) is 1. The van der Waals surface area contributed by atoms with Gasteiger partial charge < -0.3 is 10.2 Å². The van der Waals surface area contributed by atoms with Crippen molar-refractivity contribution < 1.29 is 4.79 Å². The molecule has 1 amide bonds. The minimum Gasteiger partial charge on any atom is -0.369 e. The molecule has 0 fully saturated rings. The Morgan fingerprint density at radius 2 is 2.37 bits per heavy atom. The highest BCUT2D eigenvalue weighted by Crippen LogP contribution is 2.15. The van der Waals surface area contributed by atoms with Crippen LogP contribution in [-0.2, 0) is 0 Å². The summed E-state index contributed by atoms with van der Waals surface area (Å²) in [5, 5.41) is 11.8. The van der Waals surface area contributed by atoms with Crippen molar-refractivity contribution in [2.75, 3.05) is 18.9 Å². The van der Waals surface area contributed by atoms with Gasteiger partial charge in [0.25, 0.3) is 5.91 Å². The summed E-state index contributed by atoms with van der Waals surface area (Å²) in [7, 11) is 1.71. The molecule has 0 aromatic carbocycles. The number of hydrogen-bond acceptors (Lipinski definition) is 4. The first-order chi connectivity index (χ1) is 9.11. The number of carbonyl (C=O) groups excluding carboxylic acids is 1. The molecule has 0 aliphatic rings. The molecule has 1 atom stereocenters. The average molecular weight is 260 g/mol. The zero-order valence-corrected chi connectivity index (χ0v) is 11.7. The van der Waals surface area contributed by atoms with Crippen molar-refractivity contribution in [2.24, 2.45) is 0 Å². The fourth-order valence-electron chi connectivity index (χ4n) is 1.62. The lowest BCUT2D eigenvalue weighted by molar-refractivity contribution is 0.0747. The summed E-state index contributed by atoms with van der Waals surface area (Å²) < 4.78 is 0. The number of rotatable bonds is 6. The van der Waals surface area contributed by atoms with Gasteiger partial charge in [-0.2, -0.15) is 5.26 Å². The van der Waals surface area contributed by atoms with Crippen LogP contribution in [0.1, 0.15) is 37.0 Å². The molecule has 0 saturated carbocycles. The third-order valence-electron chi connectivity index (χ3n) is 2.95. The van der Waals surface area contributed by atoms with Gasteiger partial charge in [0.1, 0.15) is 5.82 Å². The van der Waals surface area contributed by atoms with Crippen molar-refractivity contribution in [1.82, 2.24) is 9.88 Å². The van der Waals surface area contributed by atoms with E-state index in [2.05, 4.69) is 23.3 Å².